The highest BCUT2D eigenvalue weighted by Crippen LogP contribution is 2.17. The van der Waals surface area contributed by atoms with Crippen LogP contribution >= 0.6 is 0 Å². The topological polar surface area (TPSA) is 71.5 Å². The average Bonchev–Trinajstić information content (AvgIpc) is 2.60. The lowest BCUT2D eigenvalue weighted by Gasteiger charge is -2.18. The van der Waals surface area contributed by atoms with Crippen molar-refractivity contribution in [1.29, 1.82) is 0 Å². The van der Waals surface area contributed by atoms with E-state index in [0.717, 1.165) is 5.56 Å². The number of pyridine rings is 1. The molecule has 0 fully saturated rings. The largest absolute Gasteiger partial charge is 0.472 e. The van der Waals surface area contributed by atoms with Gasteiger partial charge in [-0.15, -0.1) is 0 Å². The Kier molecular flexibility index (Phi) is 6.62. The number of aliphatic hydroxyl groups excluding tert-OH is 1. The van der Waals surface area contributed by atoms with Gasteiger partial charge in [-0.2, -0.15) is 0 Å². The van der Waals surface area contributed by atoms with E-state index in [1.165, 1.54) is 18.2 Å². The molecule has 0 aliphatic carbocycles. The van der Waals surface area contributed by atoms with Crippen LogP contribution in [-0.4, -0.2) is 35.6 Å². The minimum Gasteiger partial charge on any atom is -0.472 e. The summed E-state index contributed by atoms with van der Waals surface area (Å²) in [4.78, 5) is 16.3. The molecule has 24 heavy (non-hydrogen) atoms. The number of benzene rings is 1. The molecule has 2 rings (SSSR count). The number of hydrogen-bond donors (Lipinski definition) is 2. The second-order valence-corrected chi connectivity index (χ2v) is 5.01. The fourth-order valence-corrected chi connectivity index (χ4v) is 2.14. The molecule has 0 spiro atoms. The van der Waals surface area contributed by atoms with Crippen LogP contribution in [0.3, 0.4) is 0 Å². The molecule has 1 unspecified atom stereocenters. The molecule has 0 bridgehead atoms. The first-order chi connectivity index (χ1) is 11.6. The number of aliphatic hydroxyl groups is 1. The SMILES string of the molecule is O=C(NC(CCO)c1ccccc1)c1cccc(OCC(F)F)n1. The maximum Gasteiger partial charge on any atom is 0.272 e. The van der Waals surface area contributed by atoms with Crippen LogP contribution in [-0.2, 0) is 0 Å². The van der Waals surface area contributed by atoms with Gasteiger partial charge in [0.2, 0.25) is 5.88 Å². The van der Waals surface area contributed by atoms with E-state index in [4.69, 9.17) is 4.74 Å². The van der Waals surface area contributed by atoms with Crippen LogP contribution in [0.2, 0.25) is 0 Å². The lowest BCUT2D eigenvalue weighted by Crippen LogP contribution is -2.30. The number of halogens is 2. The van der Waals surface area contributed by atoms with Crippen molar-refractivity contribution in [3.8, 4) is 5.88 Å². The van der Waals surface area contributed by atoms with E-state index >= 15 is 0 Å². The smallest absolute Gasteiger partial charge is 0.272 e. The summed E-state index contributed by atoms with van der Waals surface area (Å²) in [6.07, 6.45) is -2.27. The molecule has 1 atom stereocenters. The first-order valence-corrected chi connectivity index (χ1v) is 7.45. The molecule has 0 saturated heterocycles. The third-order valence-electron chi connectivity index (χ3n) is 3.24. The van der Waals surface area contributed by atoms with E-state index in [-0.39, 0.29) is 24.2 Å². The molecule has 7 heteroatoms. The van der Waals surface area contributed by atoms with Crippen LogP contribution in [0, 0.1) is 0 Å². The Morgan fingerprint density at radius 3 is 2.58 bits per heavy atom. The van der Waals surface area contributed by atoms with E-state index in [9.17, 15) is 18.7 Å². The molecule has 1 heterocycles. The normalized spacial score (nSPS) is 12.0. The van der Waals surface area contributed by atoms with Crippen LogP contribution in [0.5, 0.6) is 5.88 Å². The Morgan fingerprint density at radius 1 is 1.17 bits per heavy atom. The van der Waals surface area contributed by atoms with Gasteiger partial charge >= 0.3 is 0 Å². The Balaban J connectivity index is 2.08. The maximum atomic E-state index is 12.3. The van der Waals surface area contributed by atoms with E-state index in [1.54, 1.807) is 0 Å². The Morgan fingerprint density at radius 2 is 1.92 bits per heavy atom. The van der Waals surface area contributed by atoms with E-state index in [1.807, 2.05) is 30.3 Å². The van der Waals surface area contributed by atoms with Gasteiger partial charge in [0, 0.05) is 12.7 Å². The zero-order valence-corrected chi connectivity index (χ0v) is 12.9. The summed E-state index contributed by atoms with van der Waals surface area (Å²) in [6.45, 7) is -0.875. The number of nitrogens with one attached hydrogen (secondary N) is 1. The standard InChI is InChI=1S/C17H18F2N2O3/c18-15(19)11-24-16-8-4-7-14(20-16)17(23)21-13(9-10-22)12-5-2-1-3-6-12/h1-8,13,15,22H,9-11H2,(H,21,23). The minimum atomic E-state index is -2.61. The number of aromatic nitrogens is 1. The van der Waals surface area contributed by atoms with Crippen LogP contribution in [0.4, 0.5) is 8.78 Å². The Labute approximate surface area is 138 Å². The number of hydrogen-bond acceptors (Lipinski definition) is 4. The average molecular weight is 336 g/mol. The van der Waals surface area contributed by atoms with Crippen molar-refractivity contribution in [2.45, 2.75) is 18.9 Å². The zero-order valence-electron chi connectivity index (χ0n) is 12.9. The van der Waals surface area contributed by atoms with Gasteiger partial charge in [0.25, 0.3) is 12.3 Å². The van der Waals surface area contributed by atoms with Gasteiger partial charge in [-0.25, -0.2) is 13.8 Å². The highest BCUT2D eigenvalue weighted by molar-refractivity contribution is 5.92. The first kappa shape index (κ1) is 17.8. The molecule has 1 aromatic heterocycles. The summed E-state index contributed by atoms with van der Waals surface area (Å²) in [5.41, 5.74) is 0.908. The van der Waals surface area contributed by atoms with E-state index < -0.39 is 18.9 Å². The number of ether oxygens (including phenoxy) is 1. The van der Waals surface area contributed by atoms with Gasteiger partial charge in [0.1, 0.15) is 5.69 Å². The molecule has 5 nitrogen and oxygen atoms in total. The molecule has 1 aromatic carbocycles. The van der Waals surface area contributed by atoms with Crippen molar-refractivity contribution in [2.24, 2.45) is 0 Å². The minimum absolute atomic E-state index is 0.0404. The quantitative estimate of drug-likeness (QED) is 0.777. The highest BCUT2D eigenvalue weighted by atomic mass is 19.3. The Bertz CT molecular complexity index is 653. The number of carbonyl (C=O) groups is 1. The van der Waals surface area contributed by atoms with Crippen molar-refractivity contribution in [1.82, 2.24) is 10.3 Å². The molecule has 2 N–H and O–H groups in total. The van der Waals surface area contributed by atoms with Crippen molar-refractivity contribution < 1.29 is 23.4 Å². The van der Waals surface area contributed by atoms with E-state index in [0.29, 0.717) is 6.42 Å². The number of amides is 1. The second-order valence-electron chi connectivity index (χ2n) is 5.01. The fourth-order valence-electron chi connectivity index (χ4n) is 2.14. The van der Waals surface area contributed by atoms with Crippen molar-refractivity contribution in [2.75, 3.05) is 13.2 Å². The molecule has 1 amide bonds. The molecular formula is C17H18F2N2O3. The van der Waals surface area contributed by atoms with Crippen LogP contribution in [0.15, 0.2) is 48.5 Å². The monoisotopic (exact) mass is 336 g/mol. The van der Waals surface area contributed by atoms with Gasteiger partial charge in [-0.1, -0.05) is 36.4 Å². The van der Waals surface area contributed by atoms with Crippen molar-refractivity contribution in [3.63, 3.8) is 0 Å². The lowest BCUT2D eigenvalue weighted by atomic mass is 10.0. The van der Waals surface area contributed by atoms with Crippen LogP contribution in [0.1, 0.15) is 28.5 Å². The van der Waals surface area contributed by atoms with Crippen LogP contribution in [0.25, 0.3) is 0 Å². The number of nitrogens with zero attached hydrogens (tertiary/aromatic N) is 1. The van der Waals surface area contributed by atoms with Gasteiger partial charge < -0.3 is 15.2 Å². The highest BCUT2D eigenvalue weighted by Gasteiger charge is 2.17. The third kappa shape index (κ3) is 5.27. The molecule has 128 valence electrons. The summed E-state index contributed by atoms with van der Waals surface area (Å²) < 4.78 is 29.2. The molecule has 0 aliphatic rings. The predicted octanol–water partition coefficient (Wildman–Crippen LogP) is 2.58. The summed E-state index contributed by atoms with van der Waals surface area (Å²) in [7, 11) is 0. The number of rotatable bonds is 8. The van der Waals surface area contributed by atoms with Crippen LogP contribution < -0.4 is 10.1 Å². The maximum absolute atomic E-state index is 12.3. The summed E-state index contributed by atoms with van der Waals surface area (Å²) in [5.74, 6) is -0.513. The zero-order chi connectivity index (χ0) is 17.4. The molecule has 0 radical (unpaired) electrons. The summed E-state index contributed by atoms with van der Waals surface area (Å²) >= 11 is 0. The first-order valence-electron chi connectivity index (χ1n) is 7.45. The molecular weight excluding hydrogens is 318 g/mol. The second kappa shape index (κ2) is 8.93. The molecule has 0 aliphatic heterocycles. The predicted molar refractivity (Wildman–Crippen MR) is 84.1 cm³/mol. The number of carbonyl (C=O) groups excluding carboxylic acids is 1. The third-order valence-corrected chi connectivity index (χ3v) is 3.24. The van der Waals surface area contributed by atoms with Gasteiger partial charge in [0.05, 0.1) is 6.04 Å². The van der Waals surface area contributed by atoms with Crippen molar-refractivity contribution in [3.05, 3.63) is 59.8 Å². The lowest BCUT2D eigenvalue weighted by molar-refractivity contribution is 0.0792. The van der Waals surface area contributed by atoms with Gasteiger partial charge in [-0.3, -0.25) is 4.79 Å². The number of alkyl halides is 2. The van der Waals surface area contributed by atoms with Gasteiger partial charge in [-0.05, 0) is 18.1 Å². The van der Waals surface area contributed by atoms with E-state index in [2.05, 4.69) is 10.3 Å². The molecule has 2 aromatic rings. The summed E-state index contributed by atoms with van der Waals surface area (Å²) in [6, 6.07) is 13.2. The summed E-state index contributed by atoms with van der Waals surface area (Å²) in [5, 5.41) is 12.0. The Hall–Kier alpha value is -2.54. The fraction of sp³-hybridized carbons (Fsp3) is 0.294. The van der Waals surface area contributed by atoms with Crippen molar-refractivity contribution >= 4 is 5.91 Å². The molecule has 0 saturated carbocycles. The van der Waals surface area contributed by atoms with Gasteiger partial charge in [0.15, 0.2) is 6.61 Å².